The predicted octanol–water partition coefficient (Wildman–Crippen LogP) is 2.84. The number of halogens is 1. The van der Waals surface area contributed by atoms with E-state index in [1.807, 2.05) is 24.3 Å². The summed E-state index contributed by atoms with van der Waals surface area (Å²) in [5.74, 6) is -0.169. The van der Waals surface area contributed by atoms with E-state index in [1.165, 1.54) is 7.11 Å². The summed E-state index contributed by atoms with van der Waals surface area (Å²) in [5.41, 5.74) is 1.08. The van der Waals surface area contributed by atoms with E-state index >= 15 is 0 Å². The Bertz CT molecular complexity index is 310. The number of aryl methyl sites for hydroxylation is 1. The Morgan fingerprint density at radius 3 is 2.79 bits per heavy atom. The Hall–Kier alpha value is -1.02. The van der Waals surface area contributed by atoms with E-state index in [0.717, 1.165) is 23.4 Å². The molecule has 0 aliphatic carbocycles. The van der Waals surface area contributed by atoms with Gasteiger partial charge in [-0.2, -0.15) is 0 Å². The second-order valence-corrected chi connectivity index (χ2v) is 3.43. The summed E-state index contributed by atoms with van der Waals surface area (Å²) in [6.07, 6.45) is 2.03. The number of hydrogen-bond acceptors (Lipinski definition) is 2. The van der Waals surface area contributed by atoms with E-state index in [1.54, 1.807) is 0 Å². The van der Waals surface area contributed by atoms with Gasteiger partial charge in [-0.05, 0) is 24.5 Å². The molecule has 3 heteroatoms. The lowest BCUT2D eigenvalue weighted by Gasteiger charge is -2.02. The summed E-state index contributed by atoms with van der Waals surface area (Å²) in [4.78, 5) is 10.8. The molecule has 0 N–H and O–H groups in total. The summed E-state index contributed by atoms with van der Waals surface area (Å²) in [6.45, 7) is 0. The standard InChI is InChI=1S/C11H13ClO2/c1-14-11(13)8-4-6-9-5-2-3-7-10(9)12/h2-3,5,7H,4,6,8H2,1H3. The summed E-state index contributed by atoms with van der Waals surface area (Å²) in [6, 6.07) is 7.67. The fourth-order valence-corrected chi connectivity index (χ4v) is 1.46. The molecule has 0 unspecified atom stereocenters. The lowest BCUT2D eigenvalue weighted by molar-refractivity contribution is -0.140. The number of methoxy groups -OCH3 is 1. The molecule has 0 aliphatic rings. The summed E-state index contributed by atoms with van der Waals surface area (Å²) in [5, 5.41) is 0.761. The highest BCUT2D eigenvalue weighted by atomic mass is 35.5. The minimum atomic E-state index is -0.169. The van der Waals surface area contributed by atoms with E-state index in [9.17, 15) is 4.79 Å². The van der Waals surface area contributed by atoms with Crippen molar-refractivity contribution in [2.24, 2.45) is 0 Å². The zero-order valence-corrected chi connectivity index (χ0v) is 8.88. The number of esters is 1. The second-order valence-electron chi connectivity index (χ2n) is 3.02. The molecular formula is C11H13ClO2. The highest BCUT2D eigenvalue weighted by Gasteiger charge is 2.02. The molecule has 0 amide bonds. The van der Waals surface area contributed by atoms with Crippen LogP contribution in [-0.2, 0) is 16.0 Å². The van der Waals surface area contributed by atoms with Crippen molar-refractivity contribution in [2.75, 3.05) is 7.11 Å². The number of rotatable bonds is 4. The molecule has 0 saturated heterocycles. The first-order valence-electron chi connectivity index (χ1n) is 4.54. The van der Waals surface area contributed by atoms with Crippen molar-refractivity contribution < 1.29 is 9.53 Å². The largest absolute Gasteiger partial charge is 0.469 e. The highest BCUT2D eigenvalue weighted by molar-refractivity contribution is 6.31. The van der Waals surface area contributed by atoms with Gasteiger partial charge in [-0.15, -0.1) is 0 Å². The number of hydrogen-bond donors (Lipinski definition) is 0. The van der Waals surface area contributed by atoms with E-state index in [2.05, 4.69) is 4.74 Å². The highest BCUT2D eigenvalue weighted by Crippen LogP contribution is 2.17. The van der Waals surface area contributed by atoms with E-state index < -0.39 is 0 Å². The van der Waals surface area contributed by atoms with Crippen LogP contribution in [0.25, 0.3) is 0 Å². The molecule has 0 aliphatic heterocycles. The molecule has 1 rings (SSSR count). The fourth-order valence-electron chi connectivity index (χ4n) is 1.23. The monoisotopic (exact) mass is 212 g/mol. The maximum atomic E-state index is 10.8. The Labute approximate surface area is 88.8 Å². The van der Waals surface area contributed by atoms with Gasteiger partial charge in [0.25, 0.3) is 0 Å². The first kappa shape index (κ1) is 11.1. The predicted molar refractivity (Wildman–Crippen MR) is 56.4 cm³/mol. The van der Waals surface area contributed by atoms with Crippen LogP contribution >= 0.6 is 11.6 Å². The van der Waals surface area contributed by atoms with Crippen molar-refractivity contribution in [1.29, 1.82) is 0 Å². The average Bonchev–Trinajstić information content (AvgIpc) is 2.20. The van der Waals surface area contributed by atoms with Gasteiger partial charge in [-0.25, -0.2) is 0 Å². The lowest BCUT2D eigenvalue weighted by atomic mass is 10.1. The van der Waals surface area contributed by atoms with Gasteiger partial charge < -0.3 is 4.74 Å². The third-order valence-corrected chi connectivity index (χ3v) is 2.38. The number of ether oxygens (including phenoxy) is 1. The minimum Gasteiger partial charge on any atom is -0.469 e. The van der Waals surface area contributed by atoms with Crippen LogP contribution in [0.3, 0.4) is 0 Å². The maximum absolute atomic E-state index is 10.8. The van der Waals surface area contributed by atoms with Gasteiger partial charge in [0.2, 0.25) is 0 Å². The van der Waals surface area contributed by atoms with Crippen LogP contribution in [0.2, 0.25) is 5.02 Å². The molecular weight excluding hydrogens is 200 g/mol. The van der Waals surface area contributed by atoms with Gasteiger partial charge >= 0.3 is 5.97 Å². The SMILES string of the molecule is COC(=O)CCCc1ccccc1Cl. The van der Waals surface area contributed by atoms with Gasteiger partial charge in [0.15, 0.2) is 0 Å². The van der Waals surface area contributed by atoms with Crippen LogP contribution in [0.1, 0.15) is 18.4 Å². The molecule has 0 heterocycles. The van der Waals surface area contributed by atoms with Crippen LogP contribution in [0, 0.1) is 0 Å². The van der Waals surface area contributed by atoms with Crippen molar-refractivity contribution >= 4 is 17.6 Å². The van der Waals surface area contributed by atoms with Crippen LogP contribution in [0.4, 0.5) is 0 Å². The van der Waals surface area contributed by atoms with Crippen LogP contribution in [0.15, 0.2) is 24.3 Å². The topological polar surface area (TPSA) is 26.3 Å². The van der Waals surface area contributed by atoms with Gasteiger partial charge in [0, 0.05) is 11.4 Å². The summed E-state index contributed by atoms with van der Waals surface area (Å²) >= 11 is 5.96. The first-order valence-corrected chi connectivity index (χ1v) is 4.92. The number of benzene rings is 1. The number of carbonyl (C=O) groups is 1. The zero-order chi connectivity index (χ0) is 10.4. The third-order valence-electron chi connectivity index (χ3n) is 2.01. The smallest absolute Gasteiger partial charge is 0.305 e. The Balaban J connectivity index is 2.39. The molecule has 0 bridgehead atoms. The lowest BCUT2D eigenvalue weighted by Crippen LogP contribution is -2.00. The molecule has 14 heavy (non-hydrogen) atoms. The molecule has 0 atom stereocenters. The molecule has 76 valence electrons. The van der Waals surface area contributed by atoms with Crippen molar-refractivity contribution in [3.63, 3.8) is 0 Å². The second kappa shape index (κ2) is 5.66. The van der Waals surface area contributed by atoms with Gasteiger partial charge in [-0.1, -0.05) is 29.8 Å². The summed E-state index contributed by atoms with van der Waals surface area (Å²) < 4.78 is 4.55. The van der Waals surface area contributed by atoms with E-state index in [4.69, 9.17) is 11.6 Å². The zero-order valence-electron chi connectivity index (χ0n) is 8.13. The number of carbonyl (C=O) groups excluding carboxylic acids is 1. The fraction of sp³-hybridized carbons (Fsp3) is 0.364. The first-order chi connectivity index (χ1) is 6.74. The Morgan fingerprint density at radius 1 is 1.43 bits per heavy atom. The normalized spacial score (nSPS) is 9.86. The van der Waals surface area contributed by atoms with Crippen molar-refractivity contribution in [3.05, 3.63) is 34.9 Å². The van der Waals surface area contributed by atoms with Crippen LogP contribution in [-0.4, -0.2) is 13.1 Å². The van der Waals surface area contributed by atoms with Gasteiger partial charge in [0.1, 0.15) is 0 Å². The van der Waals surface area contributed by atoms with Gasteiger partial charge in [0.05, 0.1) is 7.11 Å². The molecule has 0 fully saturated rings. The molecule has 1 aromatic rings. The summed E-state index contributed by atoms with van der Waals surface area (Å²) in [7, 11) is 1.40. The molecule has 0 radical (unpaired) electrons. The Kier molecular flexibility index (Phi) is 4.47. The van der Waals surface area contributed by atoms with Crippen molar-refractivity contribution in [2.45, 2.75) is 19.3 Å². The average molecular weight is 213 g/mol. The Morgan fingerprint density at radius 2 is 2.14 bits per heavy atom. The molecule has 2 nitrogen and oxygen atoms in total. The van der Waals surface area contributed by atoms with E-state index in [-0.39, 0.29) is 5.97 Å². The van der Waals surface area contributed by atoms with Crippen molar-refractivity contribution in [1.82, 2.24) is 0 Å². The molecule has 1 aromatic carbocycles. The van der Waals surface area contributed by atoms with Crippen molar-refractivity contribution in [3.8, 4) is 0 Å². The van der Waals surface area contributed by atoms with E-state index in [0.29, 0.717) is 6.42 Å². The molecule has 0 spiro atoms. The molecule has 0 saturated carbocycles. The van der Waals surface area contributed by atoms with Crippen LogP contribution < -0.4 is 0 Å². The third kappa shape index (κ3) is 3.38. The molecule has 0 aromatic heterocycles. The quantitative estimate of drug-likeness (QED) is 0.718. The maximum Gasteiger partial charge on any atom is 0.305 e. The van der Waals surface area contributed by atoms with Gasteiger partial charge in [-0.3, -0.25) is 4.79 Å². The minimum absolute atomic E-state index is 0.169. The van der Waals surface area contributed by atoms with Crippen LogP contribution in [0.5, 0.6) is 0 Å².